The Kier molecular flexibility index (Phi) is 13.2. The third-order valence-corrected chi connectivity index (χ3v) is 4.94. The number of hydrogen-bond donors (Lipinski definition) is 2. The summed E-state index contributed by atoms with van der Waals surface area (Å²) in [5.41, 5.74) is 1.23. The molecule has 1 aromatic rings. The molecule has 1 aliphatic heterocycles. The minimum absolute atomic E-state index is 0. The Balaban J connectivity index is 0.00000420. The fourth-order valence-electron chi connectivity index (χ4n) is 3.25. The van der Waals surface area contributed by atoms with Crippen molar-refractivity contribution in [3.05, 3.63) is 29.8 Å². The normalized spacial score (nSPS) is 16.2. The standard InChI is InChI=1S/C21H37N5O2.HI/c1-5-22-21(23-11-6-12-26-13-15-28-16-14-26)24-17-20(25(2)3)18-7-9-19(27-4)10-8-18;/h7-10,20H,5-6,11-17H2,1-4H3,(H2,22,23,24);1H. The number of aliphatic imine (C=N–C) groups is 1. The highest BCUT2D eigenvalue weighted by Crippen LogP contribution is 2.21. The van der Waals surface area contributed by atoms with Crippen molar-refractivity contribution >= 4 is 29.9 Å². The van der Waals surface area contributed by atoms with E-state index >= 15 is 0 Å². The topological polar surface area (TPSA) is 61.4 Å². The fraction of sp³-hybridized carbons (Fsp3) is 0.667. The molecule has 1 saturated heterocycles. The second-order valence-electron chi connectivity index (χ2n) is 7.21. The Bertz CT molecular complexity index is 577. The van der Waals surface area contributed by atoms with Crippen molar-refractivity contribution in [1.29, 1.82) is 0 Å². The van der Waals surface area contributed by atoms with Crippen molar-refractivity contribution in [3.8, 4) is 5.75 Å². The first-order chi connectivity index (χ1) is 13.6. The van der Waals surface area contributed by atoms with Crippen LogP contribution in [0.15, 0.2) is 29.3 Å². The monoisotopic (exact) mass is 519 g/mol. The summed E-state index contributed by atoms with van der Waals surface area (Å²) in [6.45, 7) is 9.45. The fourth-order valence-corrected chi connectivity index (χ4v) is 3.25. The lowest BCUT2D eigenvalue weighted by atomic mass is 10.1. The molecule has 8 heteroatoms. The molecule has 0 aliphatic carbocycles. The van der Waals surface area contributed by atoms with Gasteiger partial charge in [-0.25, -0.2) is 0 Å². The Hall–Kier alpha value is -1.10. The maximum Gasteiger partial charge on any atom is 0.191 e. The molecule has 1 unspecified atom stereocenters. The second kappa shape index (κ2) is 14.8. The van der Waals surface area contributed by atoms with Gasteiger partial charge in [0, 0.05) is 26.2 Å². The number of rotatable bonds is 10. The van der Waals surface area contributed by atoms with Crippen LogP contribution in [0.4, 0.5) is 0 Å². The molecule has 1 heterocycles. The van der Waals surface area contributed by atoms with Crippen molar-refractivity contribution in [2.45, 2.75) is 19.4 Å². The van der Waals surface area contributed by atoms with E-state index in [2.05, 4.69) is 53.6 Å². The number of hydrogen-bond acceptors (Lipinski definition) is 5. The zero-order chi connectivity index (χ0) is 20.2. The van der Waals surface area contributed by atoms with Gasteiger partial charge in [0.1, 0.15) is 5.75 Å². The number of nitrogens with one attached hydrogen (secondary N) is 2. The largest absolute Gasteiger partial charge is 0.497 e. The second-order valence-corrected chi connectivity index (χ2v) is 7.21. The summed E-state index contributed by atoms with van der Waals surface area (Å²) in [5.74, 6) is 1.75. The number of methoxy groups -OCH3 is 1. The van der Waals surface area contributed by atoms with E-state index in [0.717, 1.165) is 64.1 Å². The molecule has 1 atom stereocenters. The molecule has 0 radical (unpaired) electrons. The molecule has 0 spiro atoms. The van der Waals surface area contributed by atoms with E-state index in [-0.39, 0.29) is 30.0 Å². The summed E-state index contributed by atoms with van der Waals surface area (Å²) >= 11 is 0. The summed E-state index contributed by atoms with van der Waals surface area (Å²) in [6.07, 6.45) is 1.10. The molecule has 0 amide bonds. The van der Waals surface area contributed by atoms with E-state index in [1.54, 1.807) is 7.11 Å². The molecule has 0 saturated carbocycles. The van der Waals surface area contributed by atoms with Crippen LogP contribution in [0.2, 0.25) is 0 Å². The zero-order valence-corrected chi connectivity index (χ0v) is 20.6. The van der Waals surface area contributed by atoms with E-state index in [9.17, 15) is 0 Å². The highest BCUT2D eigenvalue weighted by Gasteiger charge is 2.14. The highest BCUT2D eigenvalue weighted by atomic mass is 127. The molecule has 0 bridgehead atoms. The van der Waals surface area contributed by atoms with Crippen LogP contribution in [0, 0.1) is 0 Å². The predicted octanol–water partition coefficient (Wildman–Crippen LogP) is 2.19. The van der Waals surface area contributed by atoms with Crippen LogP contribution in [0.5, 0.6) is 5.75 Å². The number of nitrogens with zero attached hydrogens (tertiary/aromatic N) is 3. The van der Waals surface area contributed by atoms with Gasteiger partial charge in [-0.3, -0.25) is 9.89 Å². The molecular weight excluding hydrogens is 481 g/mol. The molecule has 1 fully saturated rings. The molecule has 7 nitrogen and oxygen atoms in total. The van der Waals surface area contributed by atoms with Gasteiger partial charge in [0.25, 0.3) is 0 Å². The molecule has 166 valence electrons. The van der Waals surface area contributed by atoms with E-state index in [1.165, 1.54) is 5.56 Å². The summed E-state index contributed by atoms with van der Waals surface area (Å²) in [6, 6.07) is 8.45. The van der Waals surface area contributed by atoms with Gasteiger partial charge in [-0.15, -0.1) is 24.0 Å². The van der Waals surface area contributed by atoms with Gasteiger partial charge in [0.15, 0.2) is 5.96 Å². The van der Waals surface area contributed by atoms with Gasteiger partial charge >= 0.3 is 0 Å². The number of morpholine rings is 1. The van der Waals surface area contributed by atoms with Crippen LogP contribution < -0.4 is 15.4 Å². The van der Waals surface area contributed by atoms with Crippen LogP contribution in [0.25, 0.3) is 0 Å². The van der Waals surface area contributed by atoms with Gasteiger partial charge in [0.2, 0.25) is 0 Å². The van der Waals surface area contributed by atoms with Crippen molar-refractivity contribution in [2.75, 3.05) is 73.7 Å². The lowest BCUT2D eigenvalue weighted by Gasteiger charge is -2.26. The van der Waals surface area contributed by atoms with Crippen molar-refractivity contribution < 1.29 is 9.47 Å². The molecule has 1 aromatic carbocycles. The van der Waals surface area contributed by atoms with Gasteiger partial charge in [-0.2, -0.15) is 0 Å². The lowest BCUT2D eigenvalue weighted by molar-refractivity contribution is 0.0376. The zero-order valence-electron chi connectivity index (χ0n) is 18.3. The van der Waals surface area contributed by atoms with E-state index in [4.69, 9.17) is 14.5 Å². The molecule has 29 heavy (non-hydrogen) atoms. The molecular formula is C21H38IN5O2. The summed E-state index contributed by atoms with van der Waals surface area (Å²) in [5, 5.41) is 6.82. The predicted molar refractivity (Wildman–Crippen MR) is 131 cm³/mol. The smallest absolute Gasteiger partial charge is 0.191 e. The first kappa shape index (κ1) is 25.9. The van der Waals surface area contributed by atoms with Gasteiger partial charge in [0.05, 0.1) is 32.9 Å². The van der Waals surface area contributed by atoms with E-state index < -0.39 is 0 Å². The first-order valence-corrected chi connectivity index (χ1v) is 10.3. The highest BCUT2D eigenvalue weighted by molar-refractivity contribution is 14.0. The Morgan fingerprint density at radius 3 is 2.48 bits per heavy atom. The minimum atomic E-state index is 0. The van der Waals surface area contributed by atoms with Crippen molar-refractivity contribution in [1.82, 2.24) is 20.4 Å². The molecule has 1 aliphatic rings. The maximum atomic E-state index is 5.40. The number of guanidine groups is 1. The average molecular weight is 519 g/mol. The van der Waals surface area contributed by atoms with Crippen LogP contribution in [0.3, 0.4) is 0 Å². The minimum Gasteiger partial charge on any atom is -0.497 e. The van der Waals surface area contributed by atoms with Crippen LogP contribution >= 0.6 is 24.0 Å². The van der Waals surface area contributed by atoms with Gasteiger partial charge in [-0.05, 0) is 51.7 Å². The van der Waals surface area contributed by atoms with Crippen LogP contribution in [-0.2, 0) is 4.74 Å². The Morgan fingerprint density at radius 2 is 1.90 bits per heavy atom. The molecule has 2 N–H and O–H groups in total. The number of likely N-dealkylation sites (N-methyl/N-ethyl adjacent to an activating group) is 1. The van der Waals surface area contributed by atoms with E-state index in [1.807, 2.05) is 12.1 Å². The third-order valence-electron chi connectivity index (χ3n) is 4.94. The molecule has 2 rings (SSSR count). The maximum absolute atomic E-state index is 5.40. The Labute approximate surface area is 193 Å². The quantitative estimate of drug-likeness (QED) is 0.214. The van der Waals surface area contributed by atoms with Crippen LogP contribution in [-0.4, -0.2) is 89.4 Å². The lowest BCUT2D eigenvalue weighted by Crippen LogP contribution is -2.41. The van der Waals surface area contributed by atoms with Gasteiger partial charge < -0.3 is 25.0 Å². The van der Waals surface area contributed by atoms with Crippen molar-refractivity contribution in [3.63, 3.8) is 0 Å². The van der Waals surface area contributed by atoms with Gasteiger partial charge in [-0.1, -0.05) is 12.1 Å². The van der Waals surface area contributed by atoms with Crippen molar-refractivity contribution in [2.24, 2.45) is 4.99 Å². The summed E-state index contributed by atoms with van der Waals surface area (Å²) < 4.78 is 10.7. The van der Waals surface area contributed by atoms with Crippen LogP contribution in [0.1, 0.15) is 24.9 Å². The third kappa shape index (κ3) is 9.50. The summed E-state index contributed by atoms with van der Waals surface area (Å²) in [4.78, 5) is 9.49. The number of halogens is 1. The summed E-state index contributed by atoms with van der Waals surface area (Å²) in [7, 11) is 5.87. The first-order valence-electron chi connectivity index (χ1n) is 10.3. The average Bonchev–Trinajstić information content (AvgIpc) is 2.72. The van der Waals surface area contributed by atoms with E-state index in [0.29, 0.717) is 6.54 Å². The molecule has 0 aromatic heterocycles. The SMILES string of the molecule is CCNC(=NCC(c1ccc(OC)cc1)N(C)C)NCCCN1CCOCC1.I. The Morgan fingerprint density at radius 1 is 1.21 bits per heavy atom. The number of benzene rings is 1. The number of ether oxygens (including phenoxy) is 2.